The van der Waals surface area contributed by atoms with Crippen LogP contribution >= 0.6 is 11.3 Å². The topological polar surface area (TPSA) is 62.6 Å². The number of ether oxygens (including phenoxy) is 1. The zero-order valence-corrected chi connectivity index (χ0v) is 17.6. The van der Waals surface area contributed by atoms with Gasteiger partial charge in [-0.1, -0.05) is 6.07 Å². The fourth-order valence-electron chi connectivity index (χ4n) is 4.30. The lowest BCUT2D eigenvalue weighted by atomic mass is 9.80. The van der Waals surface area contributed by atoms with Crippen LogP contribution in [-0.2, 0) is 12.8 Å². The normalized spacial score (nSPS) is 21.1. The molecule has 1 aliphatic heterocycles. The van der Waals surface area contributed by atoms with E-state index in [9.17, 15) is 5.26 Å². The largest absolute Gasteiger partial charge is 0.496 e. The Bertz CT molecular complexity index is 1090. The molecule has 5 nitrogen and oxygen atoms in total. The highest BCUT2D eigenvalue weighted by molar-refractivity contribution is 7.12. The van der Waals surface area contributed by atoms with Gasteiger partial charge in [-0.05, 0) is 51.7 Å². The van der Waals surface area contributed by atoms with E-state index in [1.54, 1.807) is 30.6 Å². The average molecular weight is 403 g/mol. The summed E-state index contributed by atoms with van der Waals surface area (Å²) < 4.78 is 5.64. The highest BCUT2D eigenvalue weighted by Crippen LogP contribution is 2.47. The van der Waals surface area contributed by atoms with Crippen LogP contribution in [0.5, 0.6) is 5.75 Å². The van der Waals surface area contributed by atoms with Crippen molar-refractivity contribution < 1.29 is 4.74 Å². The van der Waals surface area contributed by atoms with Crippen molar-refractivity contribution in [3.05, 3.63) is 62.0 Å². The molecule has 2 unspecified atom stereocenters. The van der Waals surface area contributed by atoms with E-state index in [4.69, 9.17) is 21.3 Å². The molecule has 0 spiro atoms. The fraction of sp³-hybridized carbons (Fsp3) is 0.391. The third-order valence-corrected chi connectivity index (χ3v) is 6.89. The number of aromatic nitrogens is 1. The fourth-order valence-corrected chi connectivity index (χ4v) is 5.59. The van der Waals surface area contributed by atoms with Gasteiger partial charge in [0, 0.05) is 21.7 Å². The summed E-state index contributed by atoms with van der Waals surface area (Å²) in [5, 5.41) is 10.2. The summed E-state index contributed by atoms with van der Waals surface area (Å²) in [6.07, 6.45) is 4.50. The molecule has 1 aliphatic carbocycles. The van der Waals surface area contributed by atoms with Gasteiger partial charge in [-0.15, -0.1) is 11.3 Å². The Balaban J connectivity index is 1.92. The summed E-state index contributed by atoms with van der Waals surface area (Å²) in [6.45, 7) is 11.8. The first-order chi connectivity index (χ1) is 14.1. The van der Waals surface area contributed by atoms with Crippen LogP contribution in [0, 0.1) is 17.9 Å². The first-order valence-corrected chi connectivity index (χ1v) is 10.6. The van der Waals surface area contributed by atoms with Gasteiger partial charge in [0.1, 0.15) is 10.8 Å². The zero-order valence-electron chi connectivity index (χ0n) is 16.8. The number of aryl methyl sites for hydroxylation is 2. The number of hydrogen-bond donors (Lipinski definition) is 0. The minimum atomic E-state index is -0.420. The highest BCUT2D eigenvalue weighted by atomic mass is 32.1. The molecule has 1 aromatic carbocycles. The van der Waals surface area contributed by atoms with Gasteiger partial charge in [-0.2, -0.15) is 5.26 Å². The molecule has 0 radical (unpaired) electrons. The molecule has 0 fully saturated rings. The van der Waals surface area contributed by atoms with Crippen molar-refractivity contribution in [2.24, 2.45) is 4.99 Å². The lowest BCUT2D eigenvalue weighted by molar-refractivity contribution is 0.408. The third kappa shape index (κ3) is 3.34. The van der Waals surface area contributed by atoms with Crippen LogP contribution < -0.4 is 4.74 Å². The lowest BCUT2D eigenvalue weighted by Gasteiger charge is -2.27. The predicted molar refractivity (Wildman–Crippen MR) is 115 cm³/mol. The molecule has 1 aromatic heterocycles. The number of nitrogens with zero attached hydrogens (tertiary/aromatic N) is 4. The standard InChI is InChI=1S/C23H22N4OS/c1-13-20(23-27-17-7-5-6-8-19(17)29-23)21(22(25-3)14(2)26-13)16-10-9-15(12-24)11-18(16)28-4/h9-11,21-22H,5-8H2,1-2,4H3. The van der Waals surface area contributed by atoms with Crippen molar-refractivity contribution in [3.8, 4) is 11.8 Å². The highest BCUT2D eigenvalue weighted by Gasteiger charge is 2.41. The molecule has 29 heavy (non-hydrogen) atoms. The predicted octanol–water partition coefficient (Wildman–Crippen LogP) is 5.18. The van der Waals surface area contributed by atoms with E-state index in [2.05, 4.69) is 10.9 Å². The molecule has 0 N–H and O–H groups in total. The van der Waals surface area contributed by atoms with Gasteiger partial charge in [0.2, 0.25) is 0 Å². The molecule has 0 bridgehead atoms. The van der Waals surface area contributed by atoms with Crippen LogP contribution in [0.3, 0.4) is 0 Å². The van der Waals surface area contributed by atoms with E-state index in [0.717, 1.165) is 40.4 Å². The zero-order chi connectivity index (χ0) is 20.5. The second-order valence-corrected chi connectivity index (χ2v) is 8.55. The average Bonchev–Trinajstić information content (AvgIpc) is 3.16. The van der Waals surface area contributed by atoms with Crippen molar-refractivity contribution in [1.29, 1.82) is 5.26 Å². The molecule has 2 atom stereocenters. The first-order valence-electron chi connectivity index (χ1n) is 9.76. The van der Waals surface area contributed by atoms with Crippen molar-refractivity contribution >= 4 is 22.6 Å². The maximum Gasteiger partial charge on any atom is 0.272 e. The second-order valence-electron chi connectivity index (χ2n) is 7.47. The molecule has 2 aromatic rings. The molecular weight excluding hydrogens is 380 g/mol. The van der Waals surface area contributed by atoms with Gasteiger partial charge in [0.05, 0.1) is 36.1 Å². The van der Waals surface area contributed by atoms with Crippen molar-refractivity contribution in [2.75, 3.05) is 7.11 Å². The van der Waals surface area contributed by atoms with Crippen LogP contribution in [0.1, 0.15) is 59.3 Å². The number of benzene rings is 1. The van der Waals surface area contributed by atoms with Crippen molar-refractivity contribution in [2.45, 2.75) is 51.5 Å². The molecule has 0 saturated carbocycles. The Hall–Kier alpha value is -2.96. The quantitative estimate of drug-likeness (QED) is 0.665. The van der Waals surface area contributed by atoms with Gasteiger partial charge in [-0.25, -0.2) is 11.6 Å². The van der Waals surface area contributed by atoms with Crippen molar-refractivity contribution in [1.82, 2.24) is 4.98 Å². The Kier molecular flexibility index (Phi) is 5.22. The number of methoxy groups -OCH3 is 1. The molecule has 0 saturated heterocycles. The maximum absolute atomic E-state index is 9.27. The number of fused-ring (bicyclic) bond motifs is 1. The smallest absolute Gasteiger partial charge is 0.272 e. The Labute approximate surface area is 175 Å². The molecule has 0 amide bonds. The number of aliphatic imine (C=N–C) groups is 1. The maximum atomic E-state index is 9.27. The summed E-state index contributed by atoms with van der Waals surface area (Å²) in [5.74, 6) is 0.407. The van der Waals surface area contributed by atoms with Crippen LogP contribution in [-0.4, -0.2) is 23.8 Å². The minimum Gasteiger partial charge on any atom is -0.496 e. The van der Waals surface area contributed by atoms with Crippen LogP contribution in [0.25, 0.3) is 10.4 Å². The van der Waals surface area contributed by atoms with E-state index >= 15 is 0 Å². The summed E-state index contributed by atoms with van der Waals surface area (Å²) >= 11 is 1.74. The summed E-state index contributed by atoms with van der Waals surface area (Å²) in [5.41, 5.74) is 5.37. The summed E-state index contributed by atoms with van der Waals surface area (Å²) in [6, 6.07) is 7.20. The third-order valence-electron chi connectivity index (χ3n) is 5.70. The molecule has 2 aliphatic rings. The monoisotopic (exact) mass is 402 g/mol. The van der Waals surface area contributed by atoms with Gasteiger partial charge < -0.3 is 9.58 Å². The first kappa shape index (κ1) is 19.4. The summed E-state index contributed by atoms with van der Waals surface area (Å²) in [7, 11) is 1.61. The van der Waals surface area contributed by atoms with Gasteiger partial charge in [-0.3, -0.25) is 4.99 Å². The lowest BCUT2D eigenvalue weighted by Crippen LogP contribution is -2.28. The van der Waals surface area contributed by atoms with E-state index in [0.29, 0.717) is 11.3 Å². The van der Waals surface area contributed by atoms with Gasteiger partial charge in [0.15, 0.2) is 0 Å². The van der Waals surface area contributed by atoms with Gasteiger partial charge in [0.25, 0.3) is 6.04 Å². The Morgan fingerprint density at radius 3 is 2.76 bits per heavy atom. The van der Waals surface area contributed by atoms with E-state index in [1.807, 2.05) is 19.9 Å². The second kappa shape index (κ2) is 7.81. The molecule has 4 rings (SSSR count). The SMILES string of the molecule is [C-]#[N+]C1C(C)=NC(C)=C(c2nc3c(s2)CCCC3)C1c1ccc(C#N)cc1OC. The number of rotatable bonds is 3. The number of nitriles is 1. The van der Waals surface area contributed by atoms with Crippen LogP contribution in [0.4, 0.5) is 0 Å². The van der Waals surface area contributed by atoms with Crippen LogP contribution in [0.15, 0.2) is 28.9 Å². The Morgan fingerprint density at radius 1 is 1.28 bits per heavy atom. The molecule has 146 valence electrons. The van der Waals surface area contributed by atoms with E-state index in [1.165, 1.54) is 23.4 Å². The van der Waals surface area contributed by atoms with Gasteiger partial charge >= 0.3 is 0 Å². The minimum absolute atomic E-state index is 0.222. The molecule has 2 heterocycles. The number of allylic oxidation sites excluding steroid dienone is 1. The van der Waals surface area contributed by atoms with Crippen molar-refractivity contribution in [3.63, 3.8) is 0 Å². The number of hydrogen-bond acceptors (Lipinski definition) is 5. The van der Waals surface area contributed by atoms with E-state index in [-0.39, 0.29) is 5.92 Å². The summed E-state index contributed by atoms with van der Waals surface area (Å²) in [4.78, 5) is 15.0. The molecule has 6 heteroatoms. The molecular formula is C23H22N4OS. The number of thiazole rings is 1. The van der Waals surface area contributed by atoms with E-state index < -0.39 is 6.04 Å². The van der Waals surface area contributed by atoms with Crippen LogP contribution in [0.2, 0.25) is 0 Å². The Morgan fingerprint density at radius 2 is 2.07 bits per heavy atom.